The molecule has 1 aromatic carbocycles. The van der Waals surface area contributed by atoms with Crippen LogP contribution >= 0.6 is 0 Å². The van der Waals surface area contributed by atoms with Crippen molar-refractivity contribution in [3.8, 4) is 5.75 Å². The van der Waals surface area contributed by atoms with Gasteiger partial charge in [-0.25, -0.2) is 0 Å². The van der Waals surface area contributed by atoms with Crippen LogP contribution in [0.25, 0.3) is 0 Å². The number of nitrogen functional groups attached to an aromatic ring is 1. The van der Waals surface area contributed by atoms with Crippen LogP contribution in [0.4, 0.5) is 5.69 Å². The largest absolute Gasteiger partial charge is 0.490 e. The number of ether oxygens (including phenoxy) is 1. The molecule has 4 nitrogen and oxygen atoms in total. The Morgan fingerprint density at radius 3 is 2.89 bits per heavy atom. The van der Waals surface area contributed by atoms with E-state index in [4.69, 9.17) is 10.5 Å². The Morgan fingerprint density at radius 1 is 1.32 bits per heavy atom. The monoisotopic (exact) mass is 264 g/mol. The molecular weight excluding hydrogens is 240 g/mol. The van der Waals surface area contributed by atoms with Gasteiger partial charge in [0, 0.05) is 13.1 Å². The van der Waals surface area contributed by atoms with Crippen molar-refractivity contribution >= 4 is 5.69 Å². The number of nitrogens with zero attached hydrogens (tertiary/aromatic N) is 1. The van der Waals surface area contributed by atoms with Gasteiger partial charge in [-0.05, 0) is 44.9 Å². The summed E-state index contributed by atoms with van der Waals surface area (Å²) >= 11 is 0. The molecule has 1 saturated heterocycles. The third-order valence-electron chi connectivity index (χ3n) is 3.74. The van der Waals surface area contributed by atoms with Crippen LogP contribution in [0.5, 0.6) is 5.75 Å². The first-order valence-electron chi connectivity index (χ1n) is 6.99. The topological polar surface area (TPSA) is 58.7 Å². The zero-order chi connectivity index (χ0) is 13.7. The van der Waals surface area contributed by atoms with Gasteiger partial charge < -0.3 is 15.6 Å². The van der Waals surface area contributed by atoms with Gasteiger partial charge in [0.25, 0.3) is 0 Å². The molecule has 0 aromatic heterocycles. The van der Waals surface area contributed by atoms with Crippen LogP contribution in [0, 0.1) is 0 Å². The molecule has 1 aromatic rings. The van der Waals surface area contributed by atoms with E-state index in [0.29, 0.717) is 12.3 Å². The number of para-hydroxylation sites is 2. The van der Waals surface area contributed by atoms with Gasteiger partial charge >= 0.3 is 0 Å². The van der Waals surface area contributed by atoms with Crippen molar-refractivity contribution in [3.05, 3.63) is 24.3 Å². The minimum atomic E-state index is -0.501. The standard InChI is InChI=1S/C15H24N2O2/c1-15(18)7-4-9-17(10-8-15)11-12-19-14-6-3-2-5-13(14)16/h2-3,5-6,18H,4,7-12,16H2,1H3. The van der Waals surface area contributed by atoms with Gasteiger partial charge in [-0.2, -0.15) is 0 Å². The normalized spacial score (nSPS) is 24.9. The number of anilines is 1. The third kappa shape index (κ3) is 4.40. The van der Waals surface area contributed by atoms with Crippen LogP contribution in [0.3, 0.4) is 0 Å². The second-order valence-corrected chi connectivity index (χ2v) is 5.58. The van der Waals surface area contributed by atoms with Crippen molar-refractivity contribution < 1.29 is 9.84 Å². The highest BCUT2D eigenvalue weighted by Crippen LogP contribution is 2.22. The number of rotatable bonds is 4. The zero-order valence-corrected chi connectivity index (χ0v) is 11.6. The lowest BCUT2D eigenvalue weighted by Crippen LogP contribution is -2.31. The molecular formula is C15H24N2O2. The SMILES string of the molecule is CC1(O)CCCN(CCOc2ccccc2N)CC1. The average Bonchev–Trinajstić information content (AvgIpc) is 2.53. The average molecular weight is 264 g/mol. The highest BCUT2D eigenvalue weighted by Gasteiger charge is 2.24. The van der Waals surface area contributed by atoms with Crippen LogP contribution in [-0.2, 0) is 0 Å². The second-order valence-electron chi connectivity index (χ2n) is 5.58. The maximum absolute atomic E-state index is 10.0. The van der Waals surface area contributed by atoms with E-state index in [1.54, 1.807) is 0 Å². The first kappa shape index (κ1) is 14.2. The lowest BCUT2D eigenvalue weighted by molar-refractivity contribution is 0.0442. The van der Waals surface area contributed by atoms with Crippen molar-refractivity contribution in [3.63, 3.8) is 0 Å². The van der Waals surface area contributed by atoms with E-state index in [-0.39, 0.29) is 0 Å². The summed E-state index contributed by atoms with van der Waals surface area (Å²) in [6.07, 6.45) is 2.76. The molecule has 1 aliphatic rings. The number of hydrogen-bond donors (Lipinski definition) is 2. The van der Waals surface area contributed by atoms with Crippen LogP contribution in [0.2, 0.25) is 0 Å². The van der Waals surface area contributed by atoms with E-state index in [2.05, 4.69) is 4.90 Å². The molecule has 1 atom stereocenters. The van der Waals surface area contributed by atoms with Gasteiger partial charge in [0.2, 0.25) is 0 Å². The summed E-state index contributed by atoms with van der Waals surface area (Å²) < 4.78 is 5.70. The fourth-order valence-electron chi connectivity index (χ4n) is 2.44. The van der Waals surface area contributed by atoms with Crippen LogP contribution < -0.4 is 10.5 Å². The Kier molecular flexibility index (Phi) is 4.66. The lowest BCUT2D eigenvalue weighted by Gasteiger charge is -2.22. The highest BCUT2D eigenvalue weighted by atomic mass is 16.5. The fourth-order valence-corrected chi connectivity index (χ4v) is 2.44. The van der Waals surface area contributed by atoms with Gasteiger partial charge in [0.1, 0.15) is 12.4 Å². The van der Waals surface area contributed by atoms with Gasteiger partial charge in [0.05, 0.1) is 11.3 Å². The molecule has 2 rings (SSSR count). The Balaban J connectivity index is 1.75. The van der Waals surface area contributed by atoms with Crippen molar-refractivity contribution in [1.82, 2.24) is 4.90 Å². The van der Waals surface area contributed by atoms with Gasteiger partial charge in [-0.3, -0.25) is 4.90 Å². The minimum Gasteiger partial charge on any atom is -0.490 e. The van der Waals surface area contributed by atoms with Crippen molar-refractivity contribution in [1.29, 1.82) is 0 Å². The molecule has 0 saturated carbocycles. The summed E-state index contributed by atoms with van der Waals surface area (Å²) in [5.41, 5.74) is 6.01. The predicted molar refractivity (Wildman–Crippen MR) is 77.3 cm³/mol. The van der Waals surface area contributed by atoms with Crippen molar-refractivity contribution in [2.75, 3.05) is 32.0 Å². The quantitative estimate of drug-likeness (QED) is 0.815. The first-order chi connectivity index (χ1) is 9.07. The van der Waals surface area contributed by atoms with Crippen LogP contribution in [0.1, 0.15) is 26.2 Å². The number of likely N-dealkylation sites (tertiary alicyclic amines) is 1. The molecule has 0 aliphatic carbocycles. The van der Waals surface area contributed by atoms with E-state index >= 15 is 0 Å². The van der Waals surface area contributed by atoms with Crippen LogP contribution in [-0.4, -0.2) is 41.8 Å². The molecule has 1 unspecified atom stereocenters. The molecule has 1 fully saturated rings. The van der Waals surface area contributed by atoms with Gasteiger partial charge in [-0.1, -0.05) is 12.1 Å². The molecule has 106 valence electrons. The molecule has 4 heteroatoms. The van der Waals surface area contributed by atoms with Crippen molar-refractivity contribution in [2.45, 2.75) is 31.8 Å². The molecule has 3 N–H and O–H groups in total. The number of nitrogens with two attached hydrogens (primary N) is 1. The Hall–Kier alpha value is -1.26. The summed E-state index contributed by atoms with van der Waals surface area (Å²) in [6.45, 7) is 5.41. The maximum Gasteiger partial charge on any atom is 0.142 e. The van der Waals surface area contributed by atoms with Gasteiger partial charge in [0.15, 0.2) is 0 Å². The highest BCUT2D eigenvalue weighted by molar-refractivity contribution is 5.51. The molecule has 0 spiro atoms. The molecule has 0 bridgehead atoms. The van der Waals surface area contributed by atoms with E-state index in [1.165, 1.54) is 0 Å². The minimum absolute atomic E-state index is 0.501. The van der Waals surface area contributed by atoms with Gasteiger partial charge in [-0.15, -0.1) is 0 Å². The zero-order valence-electron chi connectivity index (χ0n) is 11.6. The van der Waals surface area contributed by atoms with E-state index in [1.807, 2.05) is 31.2 Å². The number of benzene rings is 1. The Morgan fingerprint density at radius 2 is 2.11 bits per heavy atom. The fraction of sp³-hybridized carbons (Fsp3) is 0.600. The molecule has 0 amide bonds. The summed E-state index contributed by atoms with van der Waals surface area (Å²) in [5.74, 6) is 0.754. The third-order valence-corrected chi connectivity index (χ3v) is 3.74. The summed E-state index contributed by atoms with van der Waals surface area (Å²) in [7, 11) is 0. The molecule has 0 radical (unpaired) electrons. The molecule has 19 heavy (non-hydrogen) atoms. The Labute approximate surface area is 115 Å². The lowest BCUT2D eigenvalue weighted by atomic mass is 9.98. The first-order valence-corrected chi connectivity index (χ1v) is 6.99. The van der Waals surface area contributed by atoms with E-state index in [9.17, 15) is 5.11 Å². The molecule has 1 heterocycles. The maximum atomic E-state index is 10.0. The summed E-state index contributed by atoms with van der Waals surface area (Å²) in [4.78, 5) is 2.35. The molecule has 1 aliphatic heterocycles. The number of aliphatic hydroxyl groups is 1. The van der Waals surface area contributed by atoms with Crippen molar-refractivity contribution in [2.24, 2.45) is 0 Å². The predicted octanol–water partition coefficient (Wildman–Crippen LogP) is 1.88. The van der Waals surface area contributed by atoms with E-state index in [0.717, 1.165) is 44.6 Å². The summed E-state index contributed by atoms with van der Waals surface area (Å²) in [5, 5.41) is 10.0. The Bertz CT molecular complexity index is 407. The number of hydrogen-bond acceptors (Lipinski definition) is 4. The second kappa shape index (κ2) is 6.26. The van der Waals surface area contributed by atoms with Crippen LogP contribution in [0.15, 0.2) is 24.3 Å². The summed E-state index contributed by atoms with van der Waals surface area (Å²) in [6, 6.07) is 7.56. The van der Waals surface area contributed by atoms with E-state index < -0.39 is 5.60 Å². The smallest absolute Gasteiger partial charge is 0.142 e.